The molecule has 22 heavy (non-hydrogen) atoms. The lowest BCUT2D eigenvalue weighted by molar-refractivity contribution is 0.0620. The Balaban J connectivity index is 1.93. The third-order valence-corrected chi connectivity index (χ3v) is 3.99. The zero-order chi connectivity index (χ0) is 15.7. The van der Waals surface area contributed by atoms with Gasteiger partial charge in [0.15, 0.2) is 0 Å². The van der Waals surface area contributed by atoms with Crippen molar-refractivity contribution in [2.45, 2.75) is 6.04 Å². The van der Waals surface area contributed by atoms with Crippen LogP contribution in [0.1, 0.15) is 22.2 Å². The number of carbonyl (C=O) groups excluding carboxylic acids is 1. The van der Waals surface area contributed by atoms with Gasteiger partial charge in [0.25, 0.3) is 5.91 Å². The largest absolute Gasteiger partial charge is 0.336 e. The van der Waals surface area contributed by atoms with E-state index in [0.29, 0.717) is 19.6 Å². The molecule has 116 valence electrons. The molecule has 2 heterocycles. The first kappa shape index (κ1) is 15.0. The van der Waals surface area contributed by atoms with Crippen molar-refractivity contribution >= 4 is 17.5 Å². The third-order valence-electron chi connectivity index (χ3n) is 3.77. The Morgan fingerprint density at radius 3 is 2.95 bits per heavy atom. The number of piperazine rings is 1. The summed E-state index contributed by atoms with van der Waals surface area (Å²) in [5.74, 6) is 0.0403. The molecule has 0 aliphatic carbocycles. The number of hydrogen-bond acceptors (Lipinski definition) is 3. The van der Waals surface area contributed by atoms with Gasteiger partial charge in [0.1, 0.15) is 17.7 Å². The van der Waals surface area contributed by atoms with Crippen LogP contribution in [0, 0.1) is 5.82 Å². The van der Waals surface area contributed by atoms with E-state index in [-0.39, 0.29) is 22.5 Å². The Morgan fingerprint density at radius 2 is 2.27 bits per heavy atom. The Morgan fingerprint density at radius 1 is 1.45 bits per heavy atom. The molecule has 1 aliphatic heterocycles. The normalized spacial score (nSPS) is 18.5. The summed E-state index contributed by atoms with van der Waals surface area (Å²) in [6.07, 6.45) is 3.54. The average Bonchev–Trinajstić information content (AvgIpc) is 2.91. The molecule has 1 atom stereocenters. The van der Waals surface area contributed by atoms with Crippen LogP contribution >= 0.6 is 11.6 Å². The second kappa shape index (κ2) is 6.06. The maximum atomic E-state index is 13.5. The molecule has 1 fully saturated rings. The Kier molecular flexibility index (Phi) is 4.13. The highest BCUT2D eigenvalue weighted by Crippen LogP contribution is 2.24. The lowest BCUT2D eigenvalue weighted by Gasteiger charge is -2.35. The molecule has 1 aromatic heterocycles. The zero-order valence-corrected chi connectivity index (χ0v) is 12.8. The first-order valence-electron chi connectivity index (χ1n) is 7.01. The van der Waals surface area contributed by atoms with Gasteiger partial charge in [-0.05, 0) is 18.2 Å². The average molecular weight is 323 g/mol. The predicted octanol–water partition coefficient (Wildman–Crippen LogP) is 2.00. The number of aromatic nitrogens is 2. The maximum Gasteiger partial charge on any atom is 0.254 e. The van der Waals surface area contributed by atoms with Crippen molar-refractivity contribution in [3.8, 4) is 0 Å². The fourth-order valence-electron chi connectivity index (χ4n) is 2.72. The fourth-order valence-corrected chi connectivity index (χ4v) is 2.94. The van der Waals surface area contributed by atoms with E-state index in [4.69, 9.17) is 11.6 Å². The molecule has 1 saturated heterocycles. The number of aryl methyl sites for hydroxylation is 1. The molecule has 7 heteroatoms. The molecule has 1 amide bonds. The molecular formula is C15H16ClFN4O. The van der Waals surface area contributed by atoms with E-state index in [1.165, 1.54) is 18.2 Å². The van der Waals surface area contributed by atoms with Gasteiger partial charge in [-0.3, -0.25) is 4.79 Å². The molecule has 0 bridgehead atoms. The number of imidazole rings is 1. The number of benzene rings is 1. The molecule has 3 rings (SSSR count). The van der Waals surface area contributed by atoms with Gasteiger partial charge in [-0.15, -0.1) is 0 Å². The summed E-state index contributed by atoms with van der Waals surface area (Å²) in [6.45, 7) is 1.83. The summed E-state index contributed by atoms with van der Waals surface area (Å²) in [6, 6.07) is 3.70. The summed E-state index contributed by atoms with van der Waals surface area (Å²) in [5, 5.41) is 3.48. The lowest BCUT2D eigenvalue weighted by atomic mass is 10.1. The van der Waals surface area contributed by atoms with E-state index >= 15 is 0 Å². The van der Waals surface area contributed by atoms with Crippen LogP contribution in [-0.2, 0) is 7.05 Å². The molecule has 1 N–H and O–H groups in total. The van der Waals surface area contributed by atoms with E-state index in [2.05, 4.69) is 10.3 Å². The quantitative estimate of drug-likeness (QED) is 0.920. The number of nitrogens with zero attached hydrogens (tertiary/aromatic N) is 3. The van der Waals surface area contributed by atoms with Gasteiger partial charge in [-0.1, -0.05) is 11.6 Å². The first-order valence-corrected chi connectivity index (χ1v) is 7.39. The SMILES string of the molecule is Cn1ccnc1C1CNCCN1C(=O)c1cc(F)cc(Cl)c1. The van der Waals surface area contributed by atoms with Crippen molar-refractivity contribution in [1.29, 1.82) is 0 Å². The number of amides is 1. The van der Waals surface area contributed by atoms with Gasteiger partial charge >= 0.3 is 0 Å². The smallest absolute Gasteiger partial charge is 0.254 e. The molecule has 0 radical (unpaired) electrons. The van der Waals surface area contributed by atoms with Gasteiger partial charge in [0.2, 0.25) is 0 Å². The van der Waals surface area contributed by atoms with Crippen molar-refractivity contribution in [2.24, 2.45) is 7.05 Å². The highest BCUT2D eigenvalue weighted by molar-refractivity contribution is 6.31. The second-order valence-corrected chi connectivity index (χ2v) is 5.71. The summed E-state index contributed by atoms with van der Waals surface area (Å²) in [5.41, 5.74) is 0.256. The molecule has 0 saturated carbocycles. The summed E-state index contributed by atoms with van der Waals surface area (Å²) in [7, 11) is 1.89. The lowest BCUT2D eigenvalue weighted by Crippen LogP contribution is -2.49. The van der Waals surface area contributed by atoms with E-state index < -0.39 is 5.82 Å². The second-order valence-electron chi connectivity index (χ2n) is 5.27. The summed E-state index contributed by atoms with van der Waals surface area (Å²) >= 11 is 5.85. The first-order chi connectivity index (χ1) is 10.6. The minimum atomic E-state index is -0.514. The van der Waals surface area contributed by atoms with Crippen LogP contribution in [0.4, 0.5) is 4.39 Å². The van der Waals surface area contributed by atoms with E-state index in [1.54, 1.807) is 11.1 Å². The summed E-state index contributed by atoms with van der Waals surface area (Å²) in [4.78, 5) is 18.8. The number of hydrogen-bond donors (Lipinski definition) is 1. The van der Waals surface area contributed by atoms with Crippen LogP contribution in [0.25, 0.3) is 0 Å². The number of rotatable bonds is 2. The van der Waals surface area contributed by atoms with Crippen LogP contribution in [0.2, 0.25) is 5.02 Å². The van der Waals surface area contributed by atoms with Crippen molar-refractivity contribution in [3.63, 3.8) is 0 Å². The van der Waals surface area contributed by atoms with Gasteiger partial charge in [-0.25, -0.2) is 9.37 Å². The molecule has 1 aliphatic rings. The van der Waals surface area contributed by atoms with Crippen LogP contribution in [0.5, 0.6) is 0 Å². The van der Waals surface area contributed by atoms with E-state index in [0.717, 1.165) is 5.82 Å². The number of nitrogens with one attached hydrogen (secondary N) is 1. The Hall–Kier alpha value is -1.92. The third kappa shape index (κ3) is 2.84. The van der Waals surface area contributed by atoms with Crippen molar-refractivity contribution < 1.29 is 9.18 Å². The van der Waals surface area contributed by atoms with Crippen LogP contribution in [-0.4, -0.2) is 40.0 Å². The van der Waals surface area contributed by atoms with Gasteiger partial charge in [0, 0.05) is 49.7 Å². The van der Waals surface area contributed by atoms with E-state index in [9.17, 15) is 9.18 Å². The number of carbonyl (C=O) groups is 1. The standard InChI is InChI=1S/C15H16ClFN4O/c1-20-4-3-19-14(20)13-9-18-2-5-21(13)15(22)10-6-11(16)8-12(17)7-10/h3-4,6-8,13,18H,2,5,9H2,1H3. The van der Waals surface area contributed by atoms with E-state index in [1.807, 2.05) is 17.8 Å². The minimum absolute atomic E-state index is 0.191. The Bertz CT molecular complexity index is 682. The topological polar surface area (TPSA) is 50.2 Å². The fraction of sp³-hybridized carbons (Fsp3) is 0.333. The summed E-state index contributed by atoms with van der Waals surface area (Å²) < 4.78 is 15.4. The molecule has 1 aromatic carbocycles. The number of halogens is 2. The molecular weight excluding hydrogens is 307 g/mol. The van der Waals surface area contributed by atoms with Gasteiger partial charge < -0.3 is 14.8 Å². The van der Waals surface area contributed by atoms with Crippen LogP contribution in [0.15, 0.2) is 30.6 Å². The molecule has 1 unspecified atom stereocenters. The molecule has 0 spiro atoms. The van der Waals surface area contributed by atoms with Gasteiger partial charge in [0.05, 0.1) is 0 Å². The monoisotopic (exact) mass is 322 g/mol. The predicted molar refractivity (Wildman–Crippen MR) is 81.3 cm³/mol. The van der Waals surface area contributed by atoms with Crippen molar-refractivity contribution in [2.75, 3.05) is 19.6 Å². The Labute approximate surface area is 132 Å². The molecule has 5 nitrogen and oxygen atoms in total. The highest BCUT2D eigenvalue weighted by Gasteiger charge is 2.31. The van der Waals surface area contributed by atoms with Crippen molar-refractivity contribution in [3.05, 3.63) is 52.8 Å². The maximum absolute atomic E-state index is 13.5. The molecule has 2 aromatic rings. The van der Waals surface area contributed by atoms with Gasteiger partial charge in [-0.2, -0.15) is 0 Å². The zero-order valence-electron chi connectivity index (χ0n) is 12.1. The minimum Gasteiger partial charge on any atom is -0.336 e. The van der Waals surface area contributed by atoms with Crippen molar-refractivity contribution in [1.82, 2.24) is 19.8 Å². The highest BCUT2D eigenvalue weighted by atomic mass is 35.5. The van der Waals surface area contributed by atoms with Crippen LogP contribution < -0.4 is 5.32 Å². The van der Waals surface area contributed by atoms with Crippen LogP contribution in [0.3, 0.4) is 0 Å².